The zero-order valence-corrected chi connectivity index (χ0v) is 20.3. The smallest absolute Gasteiger partial charge is 0.317 e. The van der Waals surface area contributed by atoms with Gasteiger partial charge in [-0.2, -0.15) is 0 Å². The van der Waals surface area contributed by atoms with Gasteiger partial charge in [0.1, 0.15) is 5.82 Å². The first kappa shape index (κ1) is 24.3. The standard InChI is InChI=1S/C26H35FN4O3/c1-19-16-31(17-20(2)34-19)25-9-6-22(14-24(25)27)15-28-26(32)29(3)18-21-4-7-23(8-5-21)30-10-12-33-13-11-30/h4-9,14,19-20H,10-13,15-18H2,1-3H3,(H,28,32). The van der Waals surface area contributed by atoms with E-state index < -0.39 is 0 Å². The number of carbonyl (C=O) groups excluding carboxylic acids is 1. The number of nitrogens with one attached hydrogen (secondary N) is 1. The number of anilines is 2. The maximum Gasteiger partial charge on any atom is 0.317 e. The van der Waals surface area contributed by atoms with Crippen molar-refractivity contribution in [2.75, 3.05) is 56.2 Å². The highest BCUT2D eigenvalue weighted by molar-refractivity contribution is 5.74. The van der Waals surface area contributed by atoms with Crippen molar-refractivity contribution in [3.63, 3.8) is 0 Å². The molecular weight excluding hydrogens is 435 g/mol. The van der Waals surface area contributed by atoms with Gasteiger partial charge in [-0.3, -0.25) is 0 Å². The number of hydrogen-bond donors (Lipinski definition) is 1. The summed E-state index contributed by atoms with van der Waals surface area (Å²) in [5.74, 6) is -0.276. The fourth-order valence-corrected chi connectivity index (χ4v) is 4.58. The van der Waals surface area contributed by atoms with Crippen molar-refractivity contribution in [2.24, 2.45) is 0 Å². The number of amides is 2. The molecule has 2 unspecified atom stereocenters. The zero-order chi connectivity index (χ0) is 24.1. The van der Waals surface area contributed by atoms with Crippen LogP contribution in [0.15, 0.2) is 42.5 Å². The molecule has 2 aromatic carbocycles. The summed E-state index contributed by atoms with van der Waals surface area (Å²) in [7, 11) is 1.76. The molecule has 1 N–H and O–H groups in total. The molecule has 2 saturated heterocycles. The summed E-state index contributed by atoms with van der Waals surface area (Å²) in [6.07, 6.45) is 0.126. The Balaban J connectivity index is 1.28. The molecule has 2 atom stereocenters. The molecule has 0 spiro atoms. The van der Waals surface area contributed by atoms with Gasteiger partial charge in [-0.1, -0.05) is 18.2 Å². The average Bonchev–Trinajstić information content (AvgIpc) is 2.83. The maximum absolute atomic E-state index is 14.8. The molecule has 0 bridgehead atoms. The lowest BCUT2D eigenvalue weighted by molar-refractivity contribution is -0.00539. The van der Waals surface area contributed by atoms with E-state index in [1.165, 1.54) is 11.8 Å². The molecule has 2 aliphatic rings. The second kappa shape index (κ2) is 11.1. The van der Waals surface area contributed by atoms with Crippen molar-refractivity contribution in [1.29, 1.82) is 0 Å². The monoisotopic (exact) mass is 470 g/mol. The van der Waals surface area contributed by atoms with Crippen LogP contribution in [0.1, 0.15) is 25.0 Å². The number of rotatable bonds is 6. The predicted octanol–water partition coefficient (Wildman–Crippen LogP) is 3.62. The number of nitrogens with zero attached hydrogens (tertiary/aromatic N) is 3. The Morgan fingerprint density at radius 1 is 1.03 bits per heavy atom. The van der Waals surface area contributed by atoms with Crippen molar-refractivity contribution in [3.8, 4) is 0 Å². The van der Waals surface area contributed by atoms with Crippen LogP contribution >= 0.6 is 0 Å². The Morgan fingerprint density at radius 2 is 1.68 bits per heavy atom. The fraction of sp³-hybridized carbons (Fsp3) is 0.500. The minimum Gasteiger partial charge on any atom is -0.378 e. The quantitative estimate of drug-likeness (QED) is 0.699. The average molecular weight is 471 g/mol. The van der Waals surface area contributed by atoms with E-state index in [1.807, 2.05) is 24.8 Å². The first-order chi connectivity index (χ1) is 16.4. The Morgan fingerprint density at radius 3 is 2.32 bits per heavy atom. The Bertz CT molecular complexity index is 955. The van der Waals surface area contributed by atoms with Gasteiger partial charge in [0.25, 0.3) is 0 Å². The molecule has 4 rings (SSSR count). The van der Waals surface area contributed by atoms with Crippen LogP contribution in [0.3, 0.4) is 0 Å². The summed E-state index contributed by atoms with van der Waals surface area (Å²) in [4.78, 5) is 18.5. The first-order valence-electron chi connectivity index (χ1n) is 12.0. The summed E-state index contributed by atoms with van der Waals surface area (Å²) < 4.78 is 26.0. The summed E-state index contributed by atoms with van der Waals surface area (Å²) in [5, 5.41) is 2.89. The van der Waals surface area contributed by atoms with Crippen LogP contribution in [0.4, 0.5) is 20.6 Å². The van der Waals surface area contributed by atoms with Gasteiger partial charge >= 0.3 is 6.03 Å². The lowest BCUT2D eigenvalue weighted by Gasteiger charge is -2.37. The van der Waals surface area contributed by atoms with E-state index in [9.17, 15) is 9.18 Å². The molecule has 2 heterocycles. The Labute approximate surface area is 201 Å². The molecular formula is C26H35FN4O3. The summed E-state index contributed by atoms with van der Waals surface area (Å²) in [5.41, 5.74) is 3.53. The van der Waals surface area contributed by atoms with E-state index in [0.717, 1.165) is 37.4 Å². The van der Waals surface area contributed by atoms with Crippen LogP contribution in [0.2, 0.25) is 0 Å². The third-order valence-corrected chi connectivity index (χ3v) is 6.30. The predicted molar refractivity (Wildman–Crippen MR) is 132 cm³/mol. The van der Waals surface area contributed by atoms with Crippen molar-refractivity contribution in [1.82, 2.24) is 10.2 Å². The van der Waals surface area contributed by atoms with Gasteiger partial charge in [0.05, 0.1) is 31.1 Å². The van der Waals surface area contributed by atoms with Crippen LogP contribution < -0.4 is 15.1 Å². The first-order valence-corrected chi connectivity index (χ1v) is 12.0. The normalized spacial score (nSPS) is 20.8. The van der Waals surface area contributed by atoms with Gasteiger partial charge in [0, 0.05) is 52.0 Å². The molecule has 0 aromatic heterocycles. The van der Waals surface area contributed by atoms with Gasteiger partial charge in [-0.15, -0.1) is 0 Å². The minimum absolute atomic E-state index is 0.0632. The fourth-order valence-electron chi connectivity index (χ4n) is 4.58. The van der Waals surface area contributed by atoms with Crippen molar-refractivity contribution in [2.45, 2.75) is 39.1 Å². The third kappa shape index (κ3) is 6.18. The second-order valence-electron chi connectivity index (χ2n) is 9.23. The van der Waals surface area contributed by atoms with E-state index in [2.05, 4.69) is 34.5 Å². The van der Waals surface area contributed by atoms with E-state index in [4.69, 9.17) is 9.47 Å². The summed E-state index contributed by atoms with van der Waals surface area (Å²) in [6.45, 7) is 9.39. The molecule has 0 saturated carbocycles. The largest absolute Gasteiger partial charge is 0.378 e. The van der Waals surface area contributed by atoms with E-state index in [0.29, 0.717) is 25.3 Å². The molecule has 2 fully saturated rings. The highest BCUT2D eigenvalue weighted by atomic mass is 19.1. The summed E-state index contributed by atoms with van der Waals surface area (Å²) in [6, 6.07) is 13.3. The number of hydrogen-bond acceptors (Lipinski definition) is 5. The number of benzene rings is 2. The van der Waals surface area contributed by atoms with Gasteiger partial charge in [-0.05, 0) is 49.2 Å². The Kier molecular flexibility index (Phi) is 7.90. The van der Waals surface area contributed by atoms with Crippen LogP contribution in [0, 0.1) is 5.82 Å². The lowest BCUT2D eigenvalue weighted by Crippen LogP contribution is -2.45. The van der Waals surface area contributed by atoms with Crippen LogP contribution in [-0.4, -0.2) is 69.6 Å². The van der Waals surface area contributed by atoms with Crippen molar-refractivity contribution >= 4 is 17.4 Å². The number of carbonyl (C=O) groups is 1. The van der Waals surface area contributed by atoms with E-state index >= 15 is 0 Å². The highest BCUT2D eigenvalue weighted by Crippen LogP contribution is 2.24. The van der Waals surface area contributed by atoms with Crippen LogP contribution in [0.5, 0.6) is 0 Å². The van der Waals surface area contributed by atoms with Crippen LogP contribution in [-0.2, 0) is 22.6 Å². The molecule has 0 aliphatic carbocycles. The second-order valence-corrected chi connectivity index (χ2v) is 9.23. The molecule has 7 nitrogen and oxygen atoms in total. The molecule has 2 amide bonds. The van der Waals surface area contributed by atoms with Gasteiger partial charge in [0.15, 0.2) is 0 Å². The van der Waals surface area contributed by atoms with Gasteiger partial charge in [-0.25, -0.2) is 9.18 Å². The van der Waals surface area contributed by atoms with Crippen molar-refractivity contribution in [3.05, 3.63) is 59.4 Å². The topological polar surface area (TPSA) is 57.3 Å². The maximum atomic E-state index is 14.8. The van der Waals surface area contributed by atoms with Crippen molar-refractivity contribution < 1.29 is 18.7 Å². The molecule has 0 radical (unpaired) electrons. The van der Waals surface area contributed by atoms with Gasteiger partial charge < -0.3 is 29.5 Å². The van der Waals surface area contributed by atoms with Gasteiger partial charge in [0.2, 0.25) is 0 Å². The SMILES string of the molecule is CC1CN(c2ccc(CNC(=O)N(C)Cc3ccc(N4CCOCC4)cc3)cc2F)CC(C)O1. The molecule has 2 aliphatic heterocycles. The molecule has 2 aromatic rings. The lowest BCUT2D eigenvalue weighted by atomic mass is 10.1. The highest BCUT2D eigenvalue weighted by Gasteiger charge is 2.24. The van der Waals surface area contributed by atoms with Crippen LogP contribution in [0.25, 0.3) is 0 Å². The number of halogens is 1. The molecule has 184 valence electrons. The molecule has 8 heteroatoms. The molecule has 34 heavy (non-hydrogen) atoms. The van der Waals surface area contributed by atoms with E-state index in [1.54, 1.807) is 18.0 Å². The third-order valence-electron chi connectivity index (χ3n) is 6.30. The zero-order valence-electron chi connectivity index (χ0n) is 20.3. The minimum atomic E-state index is -0.276. The number of urea groups is 1. The Hall–Kier alpha value is -2.84. The summed E-state index contributed by atoms with van der Waals surface area (Å²) >= 11 is 0. The number of ether oxygens (including phenoxy) is 2. The number of morpholine rings is 2. The van der Waals surface area contributed by atoms with E-state index in [-0.39, 0.29) is 30.6 Å².